The summed E-state index contributed by atoms with van der Waals surface area (Å²) in [6.45, 7) is 2.33. The van der Waals surface area contributed by atoms with Gasteiger partial charge in [0.1, 0.15) is 5.60 Å². The highest BCUT2D eigenvalue weighted by atomic mass is 16.6. The van der Waals surface area contributed by atoms with Crippen molar-refractivity contribution in [3.8, 4) is 0 Å². The number of hydrogen-bond acceptors (Lipinski definition) is 3. The van der Waals surface area contributed by atoms with Crippen LogP contribution in [0.15, 0.2) is 23.8 Å². The van der Waals surface area contributed by atoms with Crippen LogP contribution in [0.4, 0.5) is 0 Å². The van der Waals surface area contributed by atoms with E-state index < -0.39 is 0 Å². The minimum atomic E-state index is -0.294. The second kappa shape index (κ2) is 4.91. The first kappa shape index (κ1) is 15.7. The fraction of sp³-hybridized carbons (Fsp3) is 0.739. The van der Waals surface area contributed by atoms with E-state index in [0.29, 0.717) is 23.5 Å². The fourth-order valence-corrected chi connectivity index (χ4v) is 8.56. The summed E-state index contributed by atoms with van der Waals surface area (Å²) < 4.78 is 6.12. The second-order valence-corrected chi connectivity index (χ2v) is 9.82. The molecule has 1 heterocycles. The smallest absolute Gasteiger partial charge is 0.331 e. The van der Waals surface area contributed by atoms with Crippen LogP contribution in [0.25, 0.3) is 0 Å². The van der Waals surface area contributed by atoms with E-state index in [4.69, 9.17) is 4.74 Å². The third-order valence-corrected chi connectivity index (χ3v) is 9.38. The lowest BCUT2D eigenvalue weighted by molar-refractivity contribution is -0.171. The number of carbonyl (C=O) groups is 2. The van der Waals surface area contributed by atoms with Crippen LogP contribution in [-0.2, 0) is 14.3 Å². The number of allylic oxidation sites excluding steroid dienone is 1. The predicted molar refractivity (Wildman–Crippen MR) is 97.0 cm³/mol. The van der Waals surface area contributed by atoms with Crippen molar-refractivity contribution in [2.24, 2.45) is 40.9 Å². The molecule has 138 valence electrons. The molecular formula is C23H28O3. The predicted octanol–water partition coefficient (Wildman–Crippen LogP) is 4.23. The summed E-state index contributed by atoms with van der Waals surface area (Å²) in [6.07, 6.45) is 14.9. The van der Waals surface area contributed by atoms with E-state index in [1.165, 1.54) is 31.3 Å². The number of esters is 1. The summed E-state index contributed by atoms with van der Waals surface area (Å²) in [4.78, 5) is 23.9. The molecule has 5 unspecified atom stereocenters. The monoisotopic (exact) mass is 352 g/mol. The van der Waals surface area contributed by atoms with Crippen molar-refractivity contribution in [1.29, 1.82) is 0 Å². The lowest BCUT2D eigenvalue weighted by Crippen LogP contribution is -2.56. The molecule has 3 heteroatoms. The Morgan fingerprint density at radius 2 is 2.00 bits per heavy atom. The maximum absolute atomic E-state index is 12.1. The van der Waals surface area contributed by atoms with Gasteiger partial charge in [0.25, 0.3) is 0 Å². The largest absolute Gasteiger partial charge is 0.451 e. The van der Waals surface area contributed by atoms with Crippen LogP contribution in [-0.4, -0.2) is 17.4 Å². The molecule has 1 spiro atoms. The van der Waals surface area contributed by atoms with Gasteiger partial charge in [0.15, 0.2) is 5.78 Å². The quantitative estimate of drug-likeness (QED) is 0.664. The highest BCUT2D eigenvalue weighted by molar-refractivity contribution is 5.91. The summed E-state index contributed by atoms with van der Waals surface area (Å²) in [5.74, 6) is 4.44. The minimum absolute atomic E-state index is 0.120. The summed E-state index contributed by atoms with van der Waals surface area (Å²) in [5.41, 5.74) is 1.33. The molecule has 0 saturated heterocycles. The van der Waals surface area contributed by atoms with E-state index in [1.807, 2.05) is 6.08 Å². The molecule has 4 saturated carbocycles. The summed E-state index contributed by atoms with van der Waals surface area (Å²) >= 11 is 0. The molecule has 26 heavy (non-hydrogen) atoms. The Morgan fingerprint density at radius 1 is 1.12 bits per heavy atom. The first-order valence-corrected chi connectivity index (χ1v) is 10.7. The van der Waals surface area contributed by atoms with Gasteiger partial charge in [-0.25, -0.2) is 4.79 Å². The summed E-state index contributed by atoms with van der Waals surface area (Å²) in [5, 5.41) is 0. The maximum Gasteiger partial charge on any atom is 0.331 e. The lowest BCUT2D eigenvalue weighted by Gasteiger charge is -2.58. The van der Waals surface area contributed by atoms with E-state index in [0.717, 1.165) is 43.4 Å². The molecular weight excluding hydrogens is 324 g/mol. The van der Waals surface area contributed by atoms with Crippen molar-refractivity contribution in [2.75, 3.05) is 0 Å². The second-order valence-electron chi connectivity index (χ2n) is 9.82. The van der Waals surface area contributed by atoms with Crippen LogP contribution in [0, 0.1) is 40.9 Å². The van der Waals surface area contributed by atoms with Crippen molar-refractivity contribution < 1.29 is 14.3 Å². The molecule has 0 aromatic carbocycles. The molecule has 1 aliphatic heterocycles. The number of ether oxygens (including phenoxy) is 1. The zero-order valence-corrected chi connectivity index (χ0v) is 15.6. The third-order valence-electron chi connectivity index (χ3n) is 9.38. The fourth-order valence-electron chi connectivity index (χ4n) is 8.56. The minimum Gasteiger partial charge on any atom is -0.451 e. The Labute approximate surface area is 155 Å². The van der Waals surface area contributed by atoms with Crippen LogP contribution in [0.2, 0.25) is 0 Å². The Balaban J connectivity index is 1.40. The molecule has 0 aromatic heterocycles. The van der Waals surface area contributed by atoms with Crippen molar-refractivity contribution in [1.82, 2.24) is 0 Å². The van der Waals surface area contributed by atoms with Gasteiger partial charge in [-0.1, -0.05) is 12.5 Å². The number of hydrogen-bond donors (Lipinski definition) is 0. The molecule has 0 N–H and O–H groups in total. The average Bonchev–Trinajstić information content (AvgIpc) is 3.29. The van der Waals surface area contributed by atoms with Crippen LogP contribution in [0.3, 0.4) is 0 Å². The van der Waals surface area contributed by atoms with Gasteiger partial charge in [0.2, 0.25) is 0 Å². The van der Waals surface area contributed by atoms with Crippen molar-refractivity contribution in [2.45, 2.75) is 63.9 Å². The van der Waals surface area contributed by atoms with Gasteiger partial charge in [-0.2, -0.15) is 0 Å². The Hall–Kier alpha value is -1.38. The highest BCUT2D eigenvalue weighted by Crippen LogP contribution is 2.78. The first-order chi connectivity index (χ1) is 12.6. The summed E-state index contributed by atoms with van der Waals surface area (Å²) in [6, 6.07) is 0. The summed E-state index contributed by atoms with van der Waals surface area (Å²) in [7, 11) is 0. The molecule has 6 aliphatic rings. The van der Waals surface area contributed by atoms with Crippen molar-refractivity contribution >= 4 is 11.8 Å². The van der Waals surface area contributed by atoms with E-state index in [-0.39, 0.29) is 17.0 Å². The first-order valence-electron chi connectivity index (χ1n) is 10.7. The van der Waals surface area contributed by atoms with Gasteiger partial charge < -0.3 is 4.74 Å². The molecule has 0 amide bonds. The van der Waals surface area contributed by atoms with Crippen LogP contribution < -0.4 is 0 Å². The molecule has 4 fully saturated rings. The SMILES string of the molecule is CC[C@]12CCC3C(CCC4=CC(=O)CC[C@@H]43)C1C1CC1[C@@]21C=CC(=O)O1. The number of fused-ring (bicyclic) bond motifs is 9. The highest BCUT2D eigenvalue weighted by Gasteiger charge is 2.78. The number of ketones is 1. The Morgan fingerprint density at radius 3 is 2.77 bits per heavy atom. The van der Waals surface area contributed by atoms with Gasteiger partial charge in [-0.15, -0.1) is 0 Å². The van der Waals surface area contributed by atoms with E-state index in [9.17, 15) is 9.59 Å². The van der Waals surface area contributed by atoms with E-state index >= 15 is 0 Å². The standard InChI is InChI=1S/C23H28O3/c1-2-22-9-7-16-15-6-4-14(24)11-13(15)3-5-17(16)21(22)18-12-19(18)23(22)10-8-20(25)26-23/h8,10-11,15-19,21H,2-7,9,12H2,1H3/t15-,16?,17?,18?,19?,21?,22-,23-/m0/s1. The molecule has 8 atom stereocenters. The van der Waals surface area contributed by atoms with Crippen molar-refractivity contribution in [3.63, 3.8) is 0 Å². The zero-order chi connectivity index (χ0) is 17.7. The average molecular weight is 352 g/mol. The van der Waals surface area contributed by atoms with Crippen molar-refractivity contribution in [3.05, 3.63) is 23.8 Å². The van der Waals surface area contributed by atoms with E-state index in [1.54, 1.807) is 6.08 Å². The third kappa shape index (κ3) is 1.67. The van der Waals surface area contributed by atoms with Gasteiger partial charge in [-0.05, 0) is 86.7 Å². The molecule has 5 aliphatic carbocycles. The molecule has 0 radical (unpaired) electrons. The topological polar surface area (TPSA) is 43.4 Å². The number of carbonyl (C=O) groups excluding carboxylic acids is 2. The molecule has 6 rings (SSSR count). The van der Waals surface area contributed by atoms with Gasteiger partial charge >= 0.3 is 5.97 Å². The van der Waals surface area contributed by atoms with Crippen LogP contribution >= 0.6 is 0 Å². The van der Waals surface area contributed by atoms with Gasteiger partial charge in [0, 0.05) is 23.8 Å². The van der Waals surface area contributed by atoms with Gasteiger partial charge in [-0.3, -0.25) is 4.79 Å². The van der Waals surface area contributed by atoms with Gasteiger partial charge in [0.05, 0.1) is 0 Å². The Bertz CT molecular complexity index is 763. The normalized spacial score (nSPS) is 53.5. The molecule has 0 aromatic rings. The lowest BCUT2D eigenvalue weighted by atomic mass is 9.48. The van der Waals surface area contributed by atoms with Crippen LogP contribution in [0.5, 0.6) is 0 Å². The maximum atomic E-state index is 12.1. The van der Waals surface area contributed by atoms with E-state index in [2.05, 4.69) is 13.0 Å². The molecule has 3 nitrogen and oxygen atoms in total. The number of rotatable bonds is 1. The zero-order valence-electron chi connectivity index (χ0n) is 15.6. The molecule has 0 bridgehead atoms. The Kier molecular flexibility index (Phi) is 2.96. The van der Waals surface area contributed by atoms with Crippen LogP contribution in [0.1, 0.15) is 58.3 Å².